The molecule has 6 heteroatoms. The minimum atomic E-state index is 0.106. The van der Waals surface area contributed by atoms with E-state index < -0.39 is 0 Å². The van der Waals surface area contributed by atoms with Crippen LogP contribution in [0.4, 0.5) is 0 Å². The Kier molecular flexibility index (Phi) is 8.96. The van der Waals surface area contributed by atoms with Crippen molar-refractivity contribution in [1.29, 1.82) is 0 Å². The zero-order valence-corrected chi connectivity index (χ0v) is 19.2. The molecule has 1 aliphatic rings. The summed E-state index contributed by atoms with van der Waals surface area (Å²) in [5.41, 5.74) is 2.17. The van der Waals surface area contributed by atoms with E-state index >= 15 is 0 Å². The molecule has 0 N–H and O–H groups in total. The summed E-state index contributed by atoms with van der Waals surface area (Å²) >= 11 is 0. The fraction of sp³-hybridized carbons (Fsp3) is 0.462. The van der Waals surface area contributed by atoms with Crippen LogP contribution in [0.25, 0.3) is 0 Å². The summed E-state index contributed by atoms with van der Waals surface area (Å²) in [4.78, 5) is 29.1. The average molecular weight is 439 g/mol. The highest BCUT2D eigenvalue weighted by Gasteiger charge is 2.22. The lowest BCUT2D eigenvalue weighted by Gasteiger charge is -2.22. The molecule has 0 bridgehead atoms. The maximum atomic E-state index is 12.7. The van der Waals surface area contributed by atoms with E-state index in [0.29, 0.717) is 58.7 Å². The summed E-state index contributed by atoms with van der Waals surface area (Å²) in [6.45, 7) is 7.70. The Labute approximate surface area is 191 Å². The highest BCUT2D eigenvalue weighted by molar-refractivity contribution is 5.79. The Hall–Kier alpha value is -3.02. The van der Waals surface area contributed by atoms with Gasteiger partial charge in [-0.25, -0.2) is 0 Å². The normalized spacial score (nSPS) is 14.1. The second kappa shape index (κ2) is 12.1. The smallest absolute Gasteiger partial charge is 0.227 e. The number of carbonyl (C=O) groups is 2. The highest BCUT2D eigenvalue weighted by Crippen LogP contribution is 2.15. The van der Waals surface area contributed by atoms with Crippen LogP contribution in [-0.2, 0) is 16.0 Å². The van der Waals surface area contributed by atoms with E-state index in [0.717, 1.165) is 23.5 Å². The van der Waals surface area contributed by atoms with Gasteiger partial charge in [-0.05, 0) is 56.5 Å². The summed E-state index contributed by atoms with van der Waals surface area (Å²) in [5.74, 6) is 1.89. The van der Waals surface area contributed by atoms with Crippen molar-refractivity contribution in [2.24, 2.45) is 0 Å². The molecule has 2 amide bonds. The summed E-state index contributed by atoms with van der Waals surface area (Å²) in [5, 5.41) is 0. The van der Waals surface area contributed by atoms with Crippen molar-refractivity contribution >= 4 is 11.8 Å². The van der Waals surface area contributed by atoms with Crippen molar-refractivity contribution < 1.29 is 19.1 Å². The van der Waals surface area contributed by atoms with Crippen LogP contribution >= 0.6 is 0 Å². The van der Waals surface area contributed by atoms with Gasteiger partial charge in [0.1, 0.15) is 11.5 Å². The van der Waals surface area contributed by atoms with E-state index in [-0.39, 0.29) is 11.8 Å². The predicted octanol–water partition coefficient (Wildman–Crippen LogP) is 3.86. The number of ether oxygens (including phenoxy) is 2. The second-order valence-electron chi connectivity index (χ2n) is 8.13. The molecule has 172 valence electrons. The molecule has 3 rings (SSSR count). The Bertz CT molecular complexity index is 864. The van der Waals surface area contributed by atoms with Gasteiger partial charge in [0.25, 0.3) is 0 Å². The molecule has 1 saturated heterocycles. The van der Waals surface area contributed by atoms with Crippen LogP contribution in [0.5, 0.6) is 11.5 Å². The van der Waals surface area contributed by atoms with Crippen LogP contribution in [0.3, 0.4) is 0 Å². The van der Waals surface area contributed by atoms with Crippen LogP contribution < -0.4 is 9.47 Å². The summed E-state index contributed by atoms with van der Waals surface area (Å²) in [7, 11) is 0. The standard InChI is InChI=1S/C26H34N2O4/c1-3-31-23-13-9-22(10-14-23)20-26(30)28-16-5-15-27(17-18-28)25(29)6-4-19-32-24-11-7-21(2)8-12-24/h7-14H,3-6,15-20H2,1-2H3. The Morgan fingerprint density at radius 2 is 1.41 bits per heavy atom. The van der Waals surface area contributed by atoms with Gasteiger partial charge in [0.05, 0.1) is 19.6 Å². The van der Waals surface area contributed by atoms with Gasteiger partial charge in [-0.3, -0.25) is 9.59 Å². The molecule has 0 unspecified atom stereocenters. The van der Waals surface area contributed by atoms with E-state index in [9.17, 15) is 9.59 Å². The number of nitrogens with zero attached hydrogens (tertiary/aromatic N) is 2. The molecule has 0 aromatic heterocycles. The average Bonchev–Trinajstić information content (AvgIpc) is 3.06. The van der Waals surface area contributed by atoms with Crippen molar-refractivity contribution in [3.8, 4) is 11.5 Å². The molecule has 0 atom stereocenters. The molecule has 0 radical (unpaired) electrons. The molecular weight excluding hydrogens is 404 g/mol. The van der Waals surface area contributed by atoms with E-state index in [1.54, 1.807) is 0 Å². The van der Waals surface area contributed by atoms with Crippen molar-refractivity contribution in [3.05, 3.63) is 59.7 Å². The Morgan fingerprint density at radius 3 is 2.06 bits per heavy atom. The van der Waals surface area contributed by atoms with Crippen molar-refractivity contribution in [3.63, 3.8) is 0 Å². The molecule has 2 aromatic rings. The lowest BCUT2D eigenvalue weighted by Crippen LogP contribution is -2.38. The third-order valence-corrected chi connectivity index (χ3v) is 5.62. The first kappa shape index (κ1) is 23.6. The monoisotopic (exact) mass is 438 g/mol. The summed E-state index contributed by atoms with van der Waals surface area (Å²) in [6.07, 6.45) is 2.33. The largest absolute Gasteiger partial charge is 0.494 e. The Balaban J connectivity index is 1.39. The molecule has 0 spiro atoms. The molecule has 1 fully saturated rings. The maximum Gasteiger partial charge on any atom is 0.227 e. The van der Waals surface area contributed by atoms with E-state index in [4.69, 9.17) is 9.47 Å². The van der Waals surface area contributed by atoms with Crippen molar-refractivity contribution in [2.75, 3.05) is 39.4 Å². The third kappa shape index (κ3) is 7.29. The Morgan fingerprint density at radius 1 is 0.812 bits per heavy atom. The minimum absolute atomic E-state index is 0.106. The van der Waals surface area contributed by atoms with Crippen molar-refractivity contribution in [1.82, 2.24) is 9.80 Å². The van der Waals surface area contributed by atoms with Crippen LogP contribution in [0.2, 0.25) is 0 Å². The number of benzene rings is 2. The lowest BCUT2D eigenvalue weighted by molar-refractivity contribution is -0.133. The first-order chi connectivity index (χ1) is 15.5. The third-order valence-electron chi connectivity index (χ3n) is 5.62. The topological polar surface area (TPSA) is 59.1 Å². The number of carbonyl (C=O) groups excluding carboxylic acids is 2. The molecule has 1 heterocycles. The molecule has 32 heavy (non-hydrogen) atoms. The molecule has 2 aromatic carbocycles. The van der Waals surface area contributed by atoms with Gasteiger partial charge >= 0.3 is 0 Å². The number of amides is 2. The molecule has 0 aliphatic carbocycles. The summed E-state index contributed by atoms with van der Waals surface area (Å²) in [6, 6.07) is 15.6. The number of hydrogen-bond acceptors (Lipinski definition) is 4. The van der Waals surface area contributed by atoms with Gasteiger partial charge < -0.3 is 19.3 Å². The number of rotatable bonds is 9. The molecular formula is C26H34N2O4. The van der Waals surface area contributed by atoms with Gasteiger partial charge in [0, 0.05) is 32.6 Å². The van der Waals surface area contributed by atoms with Crippen molar-refractivity contribution in [2.45, 2.75) is 39.5 Å². The fourth-order valence-corrected chi connectivity index (χ4v) is 3.78. The molecule has 1 aliphatic heterocycles. The number of aryl methyl sites for hydroxylation is 1. The van der Waals surface area contributed by atoms with Crippen LogP contribution in [0.1, 0.15) is 37.3 Å². The van der Waals surface area contributed by atoms with E-state index in [1.165, 1.54) is 5.56 Å². The van der Waals surface area contributed by atoms with Gasteiger partial charge in [-0.15, -0.1) is 0 Å². The number of hydrogen-bond donors (Lipinski definition) is 0. The van der Waals surface area contributed by atoms with E-state index in [2.05, 4.69) is 0 Å². The van der Waals surface area contributed by atoms with Crippen LogP contribution in [0, 0.1) is 6.92 Å². The zero-order chi connectivity index (χ0) is 22.8. The van der Waals surface area contributed by atoms with Gasteiger partial charge in [-0.1, -0.05) is 29.8 Å². The zero-order valence-electron chi connectivity index (χ0n) is 19.2. The van der Waals surface area contributed by atoms with Crippen LogP contribution in [0.15, 0.2) is 48.5 Å². The highest BCUT2D eigenvalue weighted by atomic mass is 16.5. The quantitative estimate of drug-likeness (QED) is 0.558. The lowest BCUT2D eigenvalue weighted by atomic mass is 10.1. The summed E-state index contributed by atoms with van der Waals surface area (Å²) < 4.78 is 11.2. The first-order valence-electron chi connectivity index (χ1n) is 11.5. The van der Waals surface area contributed by atoms with Gasteiger partial charge in [-0.2, -0.15) is 0 Å². The first-order valence-corrected chi connectivity index (χ1v) is 11.5. The SMILES string of the molecule is CCOc1ccc(CC(=O)N2CCCN(C(=O)CCCOc3ccc(C)cc3)CC2)cc1. The van der Waals surface area contributed by atoms with E-state index in [1.807, 2.05) is 72.2 Å². The van der Waals surface area contributed by atoms with Gasteiger partial charge in [0.2, 0.25) is 11.8 Å². The van der Waals surface area contributed by atoms with Gasteiger partial charge in [0.15, 0.2) is 0 Å². The minimum Gasteiger partial charge on any atom is -0.494 e. The predicted molar refractivity (Wildman–Crippen MR) is 125 cm³/mol. The van der Waals surface area contributed by atoms with Crippen LogP contribution in [-0.4, -0.2) is 61.0 Å². The maximum absolute atomic E-state index is 12.7. The molecule has 0 saturated carbocycles. The second-order valence-corrected chi connectivity index (χ2v) is 8.13. The fourth-order valence-electron chi connectivity index (χ4n) is 3.78. The molecule has 6 nitrogen and oxygen atoms in total.